The lowest BCUT2D eigenvalue weighted by atomic mass is 10.1. The van der Waals surface area contributed by atoms with Crippen molar-refractivity contribution in [3.63, 3.8) is 0 Å². The topological polar surface area (TPSA) is 35.9 Å². The third kappa shape index (κ3) is 5.71. The highest BCUT2D eigenvalue weighted by molar-refractivity contribution is 6.30. The summed E-state index contributed by atoms with van der Waals surface area (Å²) >= 11 is 6.05. The molecule has 5 heteroatoms. The second kappa shape index (κ2) is 8.03. The summed E-state index contributed by atoms with van der Waals surface area (Å²) in [6.45, 7) is 8.15. The van der Waals surface area contributed by atoms with Crippen LogP contribution in [0.3, 0.4) is 0 Å². The standard InChI is InChI=1S/C18H25ClN2O2/c1-4-18(2,3)23-14-17(22)13-20-8-10-21(11-9-20)16-7-5-6-15(19)12-16/h1,5-7,12,17,22H,8-11,13-14H2,2-3H3. The molecular formula is C18H25ClN2O2. The summed E-state index contributed by atoms with van der Waals surface area (Å²) in [6.07, 6.45) is 4.85. The minimum Gasteiger partial charge on any atom is -0.389 e. The molecule has 1 aliphatic rings. The van der Waals surface area contributed by atoms with Crippen molar-refractivity contribution in [1.29, 1.82) is 0 Å². The molecule has 2 rings (SSSR count). The molecule has 0 aliphatic carbocycles. The highest BCUT2D eigenvalue weighted by atomic mass is 35.5. The van der Waals surface area contributed by atoms with Gasteiger partial charge in [0.05, 0.1) is 12.7 Å². The summed E-state index contributed by atoms with van der Waals surface area (Å²) in [4.78, 5) is 4.56. The second-order valence-electron chi connectivity index (χ2n) is 6.39. The van der Waals surface area contributed by atoms with Crippen LogP contribution >= 0.6 is 11.6 Å². The molecule has 0 saturated carbocycles. The van der Waals surface area contributed by atoms with Crippen LogP contribution in [0, 0.1) is 12.3 Å². The lowest BCUT2D eigenvalue weighted by Crippen LogP contribution is -2.49. The highest BCUT2D eigenvalue weighted by Gasteiger charge is 2.21. The maximum atomic E-state index is 10.1. The van der Waals surface area contributed by atoms with Gasteiger partial charge in [0.15, 0.2) is 0 Å². The SMILES string of the molecule is C#CC(C)(C)OCC(O)CN1CCN(c2cccc(Cl)c2)CC1. The van der Waals surface area contributed by atoms with Gasteiger partial charge in [-0.05, 0) is 32.0 Å². The van der Waals surface area contributed by atoms with Gasteiger partial charge >= 0.3 is 0 Å². The van der Waals surface area contributed by atoms with Crippen LogP contribution in [0.15, 0.2) is 24.3 Å². The molecule has 0 radical (unpaired) electrons. The number of nitrogens with zero attached hydrogens (tertiary/aromatic N) is 2. The minimum absolute atomic E-state index is 0.256. The van der Waals surface area contributed by atoms with Gasteiger partial charge in [0, 0.05) is 43.4 Å². The van der Waals surface area contributed by atoms with Gasteiger partial charge in [-0.15, -0.1) is 6.42 Å². The van der Waals surface area contributed by atoms with Crippen LogP contribution in [0.5, 0.6) is 0 Å². The fraction of sp³-hybridized carbons (Fsp3) is 0.556. The van der Waals surface area contributed by atoms with E-state index >= 15 is 0 Å². The van der Waals surface area contributed by atoms with E-state index in [1.807, 2.05) is 32.0 Å². The number of aliphatic hydroxyl groups excluding tert-OH is 1. The van der Waals surface area contributed by atoms with Gasteiger partial charge in [-0.25, -0.2) is 0 Å². The predicted octanol–water partition coefficient (Wildman–Crippen LogP) is 2.25. The summed E-state index contributed by atoms with van der Waals surface area (Å²) in [7, 11) is 0. The molecule has 4 nitrogen and oxygen atoms in total. The average Bonchev–Trinajstić information content (AvgIpc) is 2.54. The maximum absolute atomic E-state index is 10.1. The van der Waals surface area contributed by atoms with Gasteiger partial charge in [-0.2, -0.15) is 0 Å². The molecular weight excluding hydrogens is 312 g/mol. The number of hydrogen-bond acceptors (Lipinski definition) is 4. The van der Waals surface area contributed by atoms with Gasteiger partial charge in [-0.3, -0.25) is 4.90 Å². The summed E-state index contributed by atoms with van der Waals surface area (Å²) in [5.41, 5.74) is 0.517. The number of halogens is 1. The Morgan fingerprint density at radius 2 is 2.04 bits per heavy atom. The summed E-state index contributed by atoms with van der Waals surface area (Å²) < 4.78 is 5.55. The number of benzene rings is 1. The van der Waals surface area contributed by atoms with E-state index in [0.29, 0.717) is 6.54 Å². The van der Waals surface area contributed by atoms with Crippen LogP contribution in [0.2, 0.25) is 5.02 Å². The molecule has 1 unspecified atom stereocenters. The Morgan fingerprint density at radius 3 is 2.65 bits per heavy atom. The molecule has 1 atom stereocenters. The van der Waals surface area contributed by atoms with E-state index in [4.69, 9.17) is 22.8 Å². The van der Waals surface area contributed by atoms with Crippen molar-refractivity contribution in [2.24, 2.45) is 0 Å². The molecule has 1 fully saturated rings. The zero-order chi connectivity index (χ0) is 16.9. The minimum atomic E-state index is -0.633. The fourth-order valence-corrected chi connectivity index (χ4v) is 2.74. The molecule has 0 bridgehead atoms. The Labute approximate surface area is 144 Å². The Bertz CT molecular complexity index is 548. The molecule has 1 N–H and O–H groups in total. The third-order valence-corrected chi connectivity index (χ3v) is 4.23. The maximum Gasteiger partial charge on any atom is 0.122 e. The normalized spacial score (nSPS) is 17.8. The molecule has 1 aliphatic heterocycles. The van der Waals surface area contributed by atoms with Crippen LogP contribution in [0.25, 0.3) is 0 Å². The van der Waals surface area contributed by atoms with E-state index < -0.39 is 11.7 Å². The summed E-state index contributed by atoms with van der Waals surface area (Å²) in [6, 6.07) is 7.92. The van der Waals surface area contributed by atoms with E-state index in [9.17, 15) is 5.11 Å². The molecule has 1 heterocycles. The number of ether oxygens (including phenoxy) is 1. The van der Waals surface area contributed by atoms with Crippen molar-refractivity contribution >= 4 is 17.3 Å². The van der Waals surface area contributed by atoms with Crippen molar-refractivity contribution in [3.05, 3.63) is 29.3 Å². The number of aliphatic hydroxyl groups is 1. The zero-order valence-corrected chi connectivity index (χ0v) is 14.6. The van der Waals surface area contributed by atoms with Gasteiger partial charge in [0.1, 0.15) is 5.60 Å². The lowest BCUT2D eigenvalue weighted by Gasteiger charge is -2.37. The first kappa shape index (κ1) is 18.1. The number of rotatable bonds is 6. The van der Waals surface area contributed by atoms with Gasteiger partial charge < -0.3 is 14.7 Å². The number of hydrogen-bond donors (Lipinski definition) is 1. The first-order valence-corrected chi connectivity index (χ1v) is 8.30. The zero-order valence-electron chi connectivity index (χ0n) is 13.8. The summed E-state index contributed by atoms with van der Waals surface area (Å²) in [5.74, 6) is 2.56. The molecule has 0 amide bonds. The van der Waals surface area contributed by atoms with Crippen LogP contribution in [-0.2, 0) is 4.74 Å². The Kier molecular flexibility index (Phi) is 6.32. The highest BCUT2D eigenvalue weighted by Crippen LogP contribution is 2.20. The molecule has 1 aromatic rings. The van der Waals surface area contributed by atoms with Crippen molar-refractivity contribution in [2.75, 3.05) is 44.2 Å². The van der Waals surface area contributed by atoms with E-state index in [1.165, 1.54) is 0 Å². The van der Waals surface area contributed by atoms with Gasteiger partial charge in [-0.1, -0.05) is 23.6 Å². The molecule has 0 aromatic heterocycles. The molecule has 23 heavy (non-hydrogen) atoms. The van der Waals surface area contributed by atoms with E-state index in [1.54, 1.807) is 0 Å². The van der Waals surface area contributed by atoms with Crippen molar-refractivity contribution in [1.82, 2.24) is 4.90 Å². The Morgan fingerprint density at radius 1 is 1.35 bits per heavy atom. The Balaban J connectivity index is 1.75. The molecule has 1 aromatic carbocycles. The molecule has 126 valence electrons. The predicted molar refractivity (Wildman–Crippen MR) is 95.0 cm³/mol. The average molecular weight is 337 g/mol. The number of β-amino-alcohol motifs (C(OH)–C–C–N with tert-alkyl or cyclic N) is 1. The molecule has 1 saturated heterocycles. The first-order valence-electron chi connectivity index (χ1n) is 7.92. The fourth-order valence-electron chi connectivity index (χ4n) is 2.56. The van der Waals surface area contributed by atoms with Crippen molar-refractivity contribution in [3.8, 4) is 12.3 Å². The number of piperazine rings is 1. The third-order valence-electron chi connectivity index (χ3n) is 4.00. The number of anilines is 1. The van der Waals surface area contributed by atoms with E-state index in [2.05, 4.69) is 21.8 Å². The van der Waals surface area contributed by atoms with Crippen LogP contribution < -0.4 is 4.90 Å². The van der Waals surface area contributed by atoms with Crippen molar-refractivity contribution < 1.29 is 9.84 Å². The largest absolute Gasteiger partial charge is 0.389 e. The second-order valence-corrected chi connectivity index (χ2v) is 6.82. The van der Waals surface area contributed by atoms with E-state index in [-0.39, 0.29) is 6.61 Å². The van der Waals surface area contributed by atoms with Crippen LogP contribution in [-0.4, -0.2) is 61.0 Å². The van der Waals surface area contributed by atoms with E-state index in [0.717, 1.165) is 36.9 Å². The lowest BCUT2D eigenvalue weighted by molar-refractivity contribution is -0.0376. The van der Waals surface area contributed by atoms with Gasteiger partial charge in [0.25, 0.3) is 0 Å². The quantitative estimate of drug-likeness (QED) is 0.808. The monoisotopic (exact) mass is 336 g/mol. The first-order chi connectivity index (χ1) is 10.9. The van der Waals surface area contributed by atoms with Crippen LogP contribution in [0.1, 0.15) is 13.8 Å². The smallest absolute Gasteiger partial charge is 0.122 e. The summed E-state index contributed by atoms with van der Waals surface area (Å²) in [5, 5.41) is 10.9. The Hall–Kier alpha value is -1.25. The van der Waals surface area contributed by atoms with Gasteiger partial charge in [0.2, 0.25) is 0 Å². The van der Waals surface area contributed by atoms with Crippen molar-refractivity contribution in [2.45, 2.75) is 25.6 Å². The van der Waals surface area contributed by atoms with Crippen LogP contribution in [0.4, 0.5) is 5.69 Å². The number of terminal acetylenes is 1. The molecule has 0 spiro atoms.